The number of carbonyl (C=O) groups is 1. The number of hydrogen-bond donors (Lipinski definition) is 1. The van der Waals surface area contributed by atoms with Gasteiger partial charge in [0.2, 0.25) is 0 Å². The second-order valence-electron chi connectivity index (χ2n) is 3.92. The Bertz CT molecular complexity index is 347. The highest BCUT2D eigenvalue weighted by molar-refractivity contribution is 6.30. The maximum atomic E-state index is 11.4. The molecule has 1 aromatic rings. The van der Waals surface area contributed by atoms with Crippen molar-refractivity contribution in [3.05, 3.63) is 34.9 Å². The van der Waals surface area contributed by atoms with Gasteiger partial charge in [0.1, 0.15) is 5.78 Å². The van der Waals surface area contributed by atoms with Gasteiger partial charge in [0, 0.05) is 18.0 Å². The molecule has 0 bridgehead atoms. The summed E-state index contributed by atoms with van der Waals surface area (Å²) in [6.45, 7) is 0.744. The van der Waals surface area contributed by atoms with E-state index in [1.807, 2.05) is 24.3 Å². The molecular formula is C12H14ClNO. The summed E-state index contributed by atoms with van der Waals surface area (Å²) in [5, 5.41) is 4.02. The topological polar surface area (TPSA) is 29.1 Å². The Morgan fingerprint density at radius 2 is 2.07 bits per heavy atom. The van der Waals surface area contributed by atoms with Gasteiger partial charge in [0.15, 0.2) is 0 Å². The van der Waals surface area contributed by atoms with Crippen LogP contribution in [-0.2, 0) is 11.3 Å². The van der Waals surface area contributed by atoms with Gasteiger partial charge in [-0.1, -0.05) is 23.7 Å². The van der Waals surface area contributed by atoms with E-state index < -0.39 is 0 Å². The van der Waals surface area contributed by atoms with Gasteiger partial charge in [0.05, 0.1) is 6.04 Å². The van der Waals surface area contributed by atoms with Crippen LogP contribution in [-0.4, -0.2) is 11.8 Å². The molecule has 1 aliphatic carbocycles. The summed E-state index contributed by atoms with van der Waals surface area (Å²) >= 11 is 5.79. The number of rotatable bonds is 3. The standard InChI is InChI=1S/C12H14ClNO/c13-10-6-4-9(5-7-10)8-14-11-2-1-3-12(11)15/h4-7,11,14H,1-3,8H2. The normalized spacial score (nSPS) is 20.9. The summed E-state index contributed by atoms with van der Waals surface area (Å²) in [5.41, 5.74) is 1.17. The lowest BCUT2D eigenvalue weighted by Gasteiger charge is -2.10. The molecule has 1 aromatic carbocycles. The zero-order chi connectivity index (χ0) is 10.7. The van der Waals surface area contributed by atoms with Crippen molar-refractivity contribution in [3.8, 4) is 0 Å². The Labute approximate surface area is 94.6 Å². The van der Waals surface area contributed by atoms with Gasteiger partial charge in [-0.3, -0.25) is 4.79 Å². The van der Waals surface area contributed by atoms with Crippen LogP contribution < -0.4 is 5.32 Å². The van der Waals surface area contributed by atoms with Gasteiger partial charge >= 0.3 is 0 Å². The number of Topliss-reactive ketones (excluding diaryl/α,β-unsaturated/α-hetero) is 1. The zero-order valence-corrected chi connectivity index (χ0v) is 9.26. The van der Waals surface area contributed by atoms with Gasteiger partial charge in [0.25, 0.3) is 0 Å². The fraction of sp³-hybridized carbons (Fsp3) is 0.417. The molecule has 15 heavy (non-hydrogen) atoms. The van der Waals surface area contributed by atoms with E-state index in [4.69, 9.17) is 11.6 Å². The molecule has 1 saturated carbocycles. The third-order valence-electron chi connectivity index (χ3n) is 2.77. The quantitative estimate of drug-likeness (QED) is 0.854. The van der Waals surface area contributed by atoms with E-state index >= 15 is 0 Å². The molecule has 1 unspecified atom stereocenters. The van der Waals surface area contributed by atoms with Crippen molar-refractivity contribution in [2.45, 2.75) is 31.8 Å². The van der Waals surface area contributed by atoms with Gasteiger partial charge in [-0.15, -0.1) is 0 Å². The summed E-state index contributed by atoms with van der Waals surface area (Å²) in [5.74, 6) is 0.351. The molecule has 0 radical (unpaired) electrons. The van der Waals surface area contributed by atoms with Crippen molar-refractivity contribution < 1.29 is 4.79 Å². The molecule has 0 aromatic heterocycles. The molecule has 3 heteroatoms. The lowest BCUT2D eigenvalue weighted by atomic mass is 10.2. The van der Waals surface area contributed by atoms with Crippen molar-refractivity contribution in [2.75, 3.05) is 0 Å². The number of halogens is 1. The number of benzene rings is 1. The molecular weight excluding hydrogens is 210 g/mol. The third-order valence-corrected chi connectivity index (χ3v) is 3.02. The molecule has 0 heterocycles. The predicted molar refractivity (Wildman–Crippen MR) is 60.9 cm³/mol. The third kappa shape index (κ3) is 2.80. The first-order valence-corrected chi connectivity index (χ1v) is 5.64. The molecule has 80 valence electrons. The molecule has 2 nitrogen and oxygen atoms in total. The van der Waals surface area contributed by atoms with Crippen LogP contribution in [0.15, 0.2) is 24.3 Å². The van der Waals surface area contributed by atoms with Gasteiger partial charge in [-0.25, -0.2) is 0 Å². The molecule has 0 aliphatic heterocycles. The molecule has 1 fully saturated rings. The molecule has 2 rings (SSSR count). The molecule has 0 saturated heterocycles. The van der Waals surface area contributed by atoms with E-state index in [-0.39, 0.29) is 6.04 Å². The van der Waals surface area contributed by atoms with Crippen LogP contribution in [0.5, 0.6) is 0 Å². The van der Waals surface area contributed by atoms with E-state index in [0.717, 1.165) is 30.8 Å². The van der Waals surface area contributed by atoms with Crippen molar-refractivity contribution in [1.82, 2.24) is 5.32 Å². The van der Waals surface area contributed by atoms with E-state index in [9.17, 15) is 4.79 Å². The van der Waals surface area contributed by atoms with Crippen LogP contribution >= 0.6 is 11.6 Å². The van der Waals surface area contributed by atoms with Crippen LogP contribution in [0, 0.1) is 0 Å². The minimum atomic E-state index is 0.0701. The van der Waals surface area contributed by atoms with Gasteiger partial charge < -0.3 is 5.32 Å². The lowest BCUT2D eigenvalue weighted by molar-refractivity contribution is -0.119. The summed E-state index contributed by atoms with van der Waals surface area (Å²) in [7, 11) is 0. The van der Waals surface area contributed by atoms with E-state index in [0.29, 0.717) is 5.78 Å². The van der Waals surface area contributed by atoms with Crippen molar-refractivity contribution in [3.63, 3.8) is 0 Å². The fourth-order valence-electron chi connectivity index (χ4n) is 1.87. The smallest absolute Gasteiger partial charge is 0.149 e. The Kier molecular flexibility index (Phi) is 3.39. The van der Waals surface area contributed by atoms with Gasteiger partial charge in [-0.2, -0.15) is 0 Å². The number of nitrogens with one attached hydrogen (secondary N) is 1. The van der Waals surface area contributed by atoms with Crippen molar-refractivity contribution >= 4 is 17.4 Å². The first kappa shape index (κ1) is 10.7. The minimum Gasteiger partial charge on any atom is -0.303 e. The monoisotopic (exact) mass is 223 g/mol. The van der Waals surface area contributed by atoms with Crippen LogP contribution in [0.2, 0.25) is 5.02 Å². The van der Waals surface area contributed by atoms with E-state index in [1.54, 1.807) is 0 Å². The number of ketones is 1. The van der Waals surface area contributed by atoms with Crippen molar-refractivity contribution in [1.29, 1.82) is 0 Å². The van der Waals surface area contributed by atoms with E-state index in [1.165, 1.54) is 5.56 Å². The van der Waals surface area contributed by atoms with Crippen LogP contribution in [0.25, 0.3) is 0 Å². The number of carbonyl (C=O) groups excluding carboxylic acids is 1. The molecule has 1 atom stereocenters. The van der Waals surface area contributed by atoms with Crippen LogP contribution in [0.3, 0.4) is 0 Å². The predicted octanol–water partition coefficient (Wildman–Crippen LogP) is 2.55. The Morgan fingerprint density at radius 3 is 2.67 bits per heavy atom. The van der Waals surface area contributed by atoms with E-state index in [2.05, 4.69) is 5.32 Å². The SMILES string of the molecule is O=C1CCCC1NCc1ccc(Cl)cc1. The van der Waals surface area contributed by atoms with Crippen LogP contribution in [0.4, 0.5) is 0 Å². The maximum Gasteiger partial charge on any atom is 0.149 e. The molecule has 0 amide bonds. The van der Waals surface area contributed by atoms with Crippen molar-refractivity contribution in [2.24, 2.45) is 0 Å². The fourth-order valence-corrected chi connectivity index (χ4v) is 2.00. The van der Waals surface area contributed by atoms with Crippen LogP contribution in [0.1, 0.15) is 24.8 Å². The number of hydrogen-bond acceptors (Lipinski definition) is 2. The molecule has 1 aliphatic rings. The Morgan fingerprint density at radius 1 is 1.33 bits per heavy atom. The summed E-state index contributed by atoms with van der Waals surface area (Å²) in [6.07, 6.45) is 2.74. The highest BCUT2D eigenvalue weighted by Crippen LogP contribution is 2.15. The largest absolute Gasteiger partial charge is 0.303 e. The Hall–Kier alpha value is -0.860. The summed E-state index contributed by atoms with van der Waals surface area (Å²) in [4.78, 5) is 11.4. The summed E-state index contributed by atoms with van der Waals surface area (Å²) in [6, 6.07) is 7.77. The molecule has 1 N–H and O–H groups in total. The maximum absolute atomic E-state index is 11.4. The second kappa shape index (κ2) is 4.77. The van der Waals surface area contributed by atoms with Gasteiger partial charge in [-0.05, 0) is 30.5 Å². The summed E-state index contributed by atoms with van der Waals surface area (Å²) < 4.78 is 0. The lowest BCUT2D eigenvalue weighted by Crippen LogP contribution is -2.31. The average molecular weight is 224 g/mol. The second-order valence-corrected chi connectivity index (χ2v) is 4.35. The molecule has 0 spiro atoms. The first-order chi connectivity index (χ1) is 7.25. The Balaban J connectivity index is 1.87. The zero-order valence-electron chi connectivity index (χ0n) is 8.50. The highest BCUT2D eigenvalue weighted by atomic mass is 35.5. The first-order valence-electron chi connectivity index (χ1n) is 5.26. The minimum absolute atomic E-state index is 0.0701. The average Bonchev–Trinajstić information content (AvgIpc) is 2.63. The highest BCUT2D eigenvalue weighted by Gasteiger charge is 2.23.